The fourth-order valence-corrected chi connectivity index (χ4v) is 2.25. The third kappa shape index (κ3) is 8.17. The maximum atomic E-state index is 11.7. The highest BCUT2D eigenvalue weighted by Crippen LogP contribution is 2.03. The third-order valence-electron chi connectivity index (χ3n) is 2.77. The van der Waals surface area contributed by atoms with Crippen LogP contribution >= 0.6 is 0 Å². The third-order valence-corrected chi connectivity index (χ3v) is 3.57. The first kappa shape index (κ1) is 18.9. The van der Waals surface area contributed by atoms with E-state index in [1.165, 1.54) is 0 Å². The molecule has 0 saturated carbocycles. The summed E-state index contributed by atoms with van der Waals surface area (Å²) in [5, 5.41) is 7.19. The molecule has 0 spiro atoms. The number of amides is 1. The number of nitrogens with two attached hydrogens (primary N) is 1. The van der Waals surface area contributed by atoms with Crippen molar-refractivity contribution >= 4 is 22.1 Å². The summed E-state index contributed by atoms with van der Waals surface area (Å²) in [6.45, 7) is 1.73. The highest BCUT2D eigenvalue weighted by atomic mass is 32.2. The van der Waals surface area contributed by atoms with Gasteiger partial charge in [0, 0.05) is 0 Å². The molecule has 128 valence electrons. The first-order valence-corrected chi connectivity index (χ1v) is 8.67. The fraction of sp³-hybridized carbons (Fsp3) is 0.429. The minimum absolute atomic E-state index is 0.0252. The Morgan fingerprint density at radius 1 is 1.22 bits per heavy atom. The fourth-order valence-electron chi connectivity index (χ4n) is 1.68. The molecular weight excluding hydrogens is 324 g/mol. The highest BCUT2D eigenvalue weighted by molar-refractivity contribution is 7.89. The molecule has 1 amide bonds. The van der Waals surface area contributed by atoms with Crippen LogP contribution in [-0.2, 0) is 30.9 Å². The van der Waals surface area contributed by atoms with E-state index in [1.54, 1.807) is 31.2 Å². The highest BCUT2D eigenvalue weighted by Gasteiger charge is 2.24. The lowest BCUT2D eigenvalue weighted by molar-refractivity contribution is -0.145. The first-order chi connectivity index (χ1) is 10.8. The molecule has 1 aromatic carbocycles. The Morgan fingerprint density at radius 2 is 1.87 bits per heavy atom. The van der Waals surface area contributed by atoms with Gasteiger partial charge in [0.1, 0.15) is 12.6 Å². The SMILES string of the molecule is CCOC(=O)C(CCS(N)(=O)=O)NC(=O)OCc1ccccc1. The summed E-state index contributed by atoms with van der Waals surface area (Å²) in [5.74, 6) is -1.21. The van der Waals surface area contributed by atoms with Crippen molar-refractivity contribution in [2.75, 3.05) is 12.4 Å². The van der Waals surface area contributed by atoms with E-state index in [0.29, 0.717) is 0 Å². The van der Waals surface area contributed by atoms with E-state index in [4.69, 9.17) is 14.6 Å². The maximum absolute atomic E-state index is 11.7. The molecule has 0 fully saturated rings. The van der Waals surface area contributed by atoms with Crippen molar-refractivity contribution in [2.45, 2.75) is 26.0 Å². The number of ether oxygens (including phenoxy) is 2. The number of primary sulfonamides is 1. The Hall–Kier alpha value is -2.13. The van der Waals surface area contributed by atoms with E-state index < -0.39 is 33.9 Å². The van der Waals surface area contributed by atoms with Crippen LogP contribution in [0.25, 0.3) is 0 Å². The van der Waals surface area contributed by atoms with Crippen LogP contribution in [0.5, 0.6) is 0 Å². The van der Waals surface area contributed by atoms with Gasteiger partial charge in [-0.2, -0.15) is 0 Å². The molecule has 8 nitrogen and oxygen atoms in total. The van der Waals surface area contributed by atoms with Gasteiger partial charge in [0.05, 0.1) is 12.4 Å². The summed E-state index contributed by atoms with van der Waals surface area (Å²) >= 11 is 0. The van der Waals surface area contributed by atoms with Crippen LogP contribution in [0.1, 0.15) is 18.9 Å². The number of hydrogen-bond donors (Lipinski definition) is 2. The Morgan fingerprint density at radius 3 is 2.43 bits per heavy atom. The lowest BCUT2D eigenvalue weighted by atomic mass is 10.2. The summed E-state index contributed by atoms with van der Waals surface area (Å²) < 4.78 is 31.8. The summed E-state index contributed by atoms with van der Waals surface area (Å²) in [7, 11) is -3.76. The number of alkyl carbamates (subject to hydrolysis) is 1. The number of sulfonamides is 1. The molecule has 0 aliphatic carbocycles. The Balaban J connectivity index is 2.56. The second-order valence-corrected chi connectivity index (χ2v) is 6.40. The van der Waals surface area contributed by atoms with Gasteiger partial charge in [-0.15, -0.1) is 0 Å². The number of carbonyl (C=O) groups is 2. The molecule has 0 aromatic heterocycles. The second-order valence-electron chi connectivity index (χ2n) is 4.67. The standard InChI is InChI=1S/C14H20N2O6S/c1-2-21-13(17)12(8-9-23(15,19)20)16-14(18)22-10-11-6-4-3-5-7-11/h3-7,12H,2,8-10H2,1H3,(H,16,18)(H2,15,19,20). The van der Waals surface area contributed by atoms with E-state index in [-0.39, 0.29) is 19.6 Å². The molecule has 0 bridgehead atoms. The monoisotopic (exact) mass is 344 g/mol. The summed E-state index contributed by atoms with van der Waals surface area (Å²) in [6.07, 6.45) is -1.04. The normalized spacial score (nSPS) is 12.3. The van der Waals surface area contributed by atoms with Gasteiger partial charge in [0.15, 0.2) is 0 Å². The molecule has 3 N–H and O–H groups in total. The lowest BCUT2D eigenvalue weighted by Gasteiger charge is -2.16. The van der Waals surface area contributed by atoms with Crippen LogP contribution in [0.4, 0.5) is 4.79 Å². The van der Waals surface area contributed by atoms with E-state index >= 15 is 0 Å². The van der Waals surface area contributed by atoms with Crippen LogP contribution < -0.4 is 10.5 Å². The van der Waals surface area contributed by atoms with Crippen LogP contribution in [0.2, 0.25) is 0 Å². The molecule has 23 heavy (non-hydrogen) atoms. The van der Waals surface area contributed by atoms with Crippen molar-refractivity contribution < 1.29 is 27.5 Å². The van der Waals surface area contributed by atoms with Crippen molar-refractivity contribution in [3.8, 4) is 0 Å². The predicted octanol–water partition coefficient (Wildman–Crippen LogP) is 0.523. The number of nitrogens with one attached hydrogen (secondary N) is 1. The zero-order chi connectivity index (χ0) is 17.3. The average Bonchev–Trinajstić information content (AvgIpc) is 2.49. The molecule has 0 heterocycles. The quantitative estimate of drug-likeness (QED) is 0.663. The molecule has 0 radical (unpaired) electrons. The van der Waals surface area contributed by atoms with E-state index in [0.717, 1.165) is 5.56 Å². The van der Waals surface area contributed by atoms with Gasteiger partial charge in [-0.1, -0.05) is 30.3 Å². The van der Waals surface area contributed by atoms with Crippen molar-refractivity contribution in [1.82, 2.24) is 5.32 Å². The number of carbonyl (C=O) groups excluding carboxylic acids is 2. The summed E-state index contributed by atoms with van der Waals surface area (Å²) in [4.78, 5) is 23.5. The van der Waals surface area contributed by atoms with Crippen molar-refractivity contribution in [3.05, 3.63) is 35.9 Å². The molecule has 0 saturated heterocycles. The summed E-state index contributed by atoms with van der Waals surface area (Å²) in [5.41, 5.74) is 0.778. The van der Waals surface area contributed by atoms with Crippen LogP contribution in [-0.4, -0.2) is 38.9 Å². The lowest BCUT2D eigenvalue weighted by Crippen LogP contribution is -2.43. The Bertz CT molecular complexity index is 617. The first-order valence-electron chi connectivity index (χ1n) is 6.96. The smallest absolute Gasteiger partial charge is 0.408 e. The molecule has 1 unspecified atom stereocenters. The van der Waals surface area contributed by atoms with E-state index in [9.17, 15) is 18.0 Å². The second kappa shape index (κ2) is 9.11. The molecule has 0 aliphatic heterocycles. The molecule has 0 aliphatic rings. The largest absolute Gasteiger partial charge is 0.464 e. The van der Waals surface area contributed by atoms with Gasteiger partial charge in [0.25, 0.3) is 0 Å². The zero-order valence-electron chi connectivity index (χ0n) is 12.7. The van der Waals surface area contributed by atoms with Gasteiger partial charge in [0.2, 0.25) is 10.0 Å². The number of hydrogen-bond acceptors (Lipinski definition) is 6. The molecule has 1 atom stereocenters. The Kier molecular flexibility index (Phi) is 7.49. The van der Waals surface area contributed by atoms with Crippen molar-refractivity contribution in [3.63, 3.8) is 0 Å². The minimum Gasteiger partial charge on any atom is -0.464 e. The van der Waals surface area contributed by atoms with Gasteiger partial charge < -0.3 is 14.8 Å². The van der Waals surface area contributed by atoms with Gasteiger partial charge in [-0.05, 0) is 18.9 Å². The van der Waals surface area contributed by atoms with E-state index in [2.05, 4.69) is 5.32 Å². The van der Waals surface area contributed by atoms with Gasteiger partial charge in [-0.25, -0.2) is 23.1 Å². The molecule has 1 aromatic rings. The van der Waals surface area contributed by atoms with Crippen LogP contribution in [0.15, 0.2) is 30.3 Å². The zero-order valence-corrected chi connectivity index (χ0v) is 13.5. The molecular formula is C14H20N2O6S. The van der Waals surface area contributed by atoms with E-state index in [1.807, 2.05) is 6.07 Å². The molecule has 1 rings (SSSR count). The number of esters is 1. The van der Waals surface area contributed by atoms with Crippen molar-refractivity contribution in [2.24, 2.45) is 5.14 Å². The molecule has 9 heteroatoms. The minimum atomic E-state index is -3.76. The summed E-state index contributed by atoms with van der Waals surface area (Å²) in [6, 6.07) is 7.83. The van der Waals surface area contributed by atoms with Gasteiger partial charge in [-0.3, -0.25) is 0 Å². The number of rotatable bonds is 8. The topological polar surface area (TPSA) is 125 Å². The van der Waals surface area contributed by atoms with Gasteiger partial charge >= 0.3 is 12.1 Å². The van der Waals surface area contributed by atoms with Crippen LogP contribution in [0.3, 0.4) is 0 Å². The average molecular weight is 344 g/mol. The maximum Gasteiger partial charge on any atom is 0.408 e. The number of benzene rings is 1. The Labute approximate surface area is 135 Å². The predicted molar refractivity (Wildman–Crippen MR) is 82.8 cm³/mol. The van der Waals surface area contributed by atoms with Crippen molar-refractivity contribution in [1.29, 1.82) is 0 Å². The van der Waals surface area contributed by atoms with Crippen LogP contribution in [0, 0.1) is 0 Å².